The molecule has 0 aromatic heterocycles. The molecule has 1 saturated carbocycles. The molecule has 79 heavy (non-hydrogen) atoms. The van der Waals surface area contributed by atoms with E-state index < -0.39 is 150 Å². The molecule has 0 radical (unpaired) electrons. The first kappa shape index (κ1) is 66.3. The van der Waals surface area contributed by atoms with Crippen molar-refractivity contribution in [3.8, 4) is 0 Å². The molecule has 0 spiro atoms. The molecule has 4 rings (SSSR count). The number of aliphatic hydroxyl groups is 4. The van der Waals surface area contributed by atoms with E-state index in [1.807, 2.05) is 0 Å². The van der Waals surface area contributed by atoms with Gasteiger partial charge in [0.05, 0.1) is 55.8 Å². The molecule has 3 heterocycles. The van der Waals surface area contributed by atoms with Crippen molar-refractivity contribution in [3.63, 3.8) is 0 Å². The average molecular weight is 1130 g/mol. The smallest absolute Gasteiger partial charge is 0.412 e. The van der Waals surface area contributed by atoms with Crippen molar-refractivity contribution >= 4 is 36.4 Å². The summed E-state index contributed by atoms with van der Waals surface area (Å²) in [7, 11) is 1.31. The second-order valence-corrected chi connectivity index (χ2v) is 25.3. The second-order valence-electron chi connectivity index (χ2n) is 25.3. The molecule has 0 aromatic carbocycles. The summed E-state index contributed by atoms with van der Waals surface area (Å²) >= 11 is 0. The van der Waals surface area contributed by atoms with Gasteiger partial charge in [0.2, 0.25) is 5.91 Å². The normalized spacial score (nSPS) is 29.6. The van der Waals surface area contributed by atoms with Crippen LogP contribution in [-0.4, -0.2) is 207 Å². The molecule has 26 heteroatoms. The molecule has 3 fully saturated rings. The number of nitrogens with zero attached hydrogens (tertiary/aromatic N) is 2. The van der Waals surface area contributed by atoms with Gasteiger partial charge in [-0.1, -0.05) is 6.58 Å². The van der Waals surface area contributed by atoms with Gasteiger partial charge in [-0.15, -0.1) is 0 Å². The van der Waals surface area contributed by atoms with E-state index in [2.05, 4.69) is 33.2 Å². The highest BCUT2D eigenvalue weighted by Crippen LogP contribution is 2.39. The highest BCUT2D eigenvalue weighted by atomic mass is 16.7. The van der Waals surface area contributed by atoms with Crippen LogP contribution >= 0.6 is 0 Å². The molecule has 2 saturated heterocycles. The summed E-state index contributed by atoms with van der Waals surface area (Å²) in [6.45, 7) is 29.8. The van der Waals surface area contributed by atoms with Crippen LogP contribution in [-0.2, 0) is 47.4 Å². The lowest BCUT2D eigenvalue weighted by atomic mass is 9.72. The molecule has 9 N–H and O–H groups in total. The number of hydrogen-bond acceptors (Lipinski definition) is 20. The lowest BCUT2D eigenvalue weighted by molar-refractivity contribution is -0.305. The number of aliphatic hydroxyl groups excluding tert-OH is 3. The molecule has 0 bridgehead atoms. The predicted octanol–water partition coefficient (Wildman–Crippen LogP) is 3.37. The van der Waals surface area contributed by atoms with E-state index in [-0.39, 0.29) is 51.3 Å². The Labute approximate surface area is 464 Å². The van der Waals surface area contributed by atoms with Gasteiger partial charge in [0.1, 0.15) is 63.9 Å². The van der Waals surface area contributed by atoms with Crippen molar-refractivity contribution < 1.29 is 91.8 Å². The quantitative estimate of drug-likeness (QED) is 0.0790. The lowest BCUT2D eigenvalue weighted by Crippen LogP contribution is -2.71. The first-order valence-corrected chi connectivity index (χ1v) is 26.7. The number of amides is 6. The number of likely N-dealkylation sites (N-methyl/N-ethyl adjacent to an activating group) is 1. The van der Waals surface area contributed by atoms with Crippen LogP contribution in [0.2, 0.25) is 0 Å². The fraction of sp³-hybridized carbons (Fsp3) is 0.811. The zero-order chi connectivity index (χ0) is 60.0. The van der Waals surface area contributed by atoms with E-state index in [4.69, 9.17) is 42.6 Å². The fourth-order valence-corrected chi connectivity index (χ4v) is 9.68. The van der Waals surface area contributed by atoms with Crippen LogP contribution in [0.1, 0.15) is 130 Å². The second kappa shape index (κ2) is 26.1. The number of allylic oxidation sites excluding steroid dienone is 1. The van der Waals surface area contributed by atoms with E-state index in [9.17, 15) is 49.2 Å². The maximum atomic E-state index is 14.0. The summed E-state index contributed by atoms with van der Waals surface area (Å²) in [6.07, 6.45) is -13.1. The summed E-state index contributed by atoms with van der Waals surface area (Å²) in [5.74, 6) is -1.93. The van der Waals surface area contributed by atoms with Crippen LogP contribution in [0, 0.1) is 5.92 Å². The molecule has 452 valence electrons. The third-order valence-electron chi connectivity index (χ3n) is 12.8. The summed E-state index contributed by atoms with van der Waals surface area (Å²) in [5, 5.41) is 62.0. The van der Waals surface area contributed by atoms with Crippen LogP contribution in [0.15, 0.2) is 24.2 Å². The number of nitrogens with one attached hydrogen (secondary N) is 5. The standard InChI is InChI=1S/C53H91N7O19/c1-28(2)73-44(66)57-31-20-19-30(25-54-24-29-26-72-52(15,16)60(29)47(69)79-51(12,13)14)74-38(31)35-32(58-45(67)77-49(6,7)8)23-33(56-41(64)34(61)21-22-55-43(65)76-48(3,4)5)39(36(35)62)75-42-37(63)40(53(17,70)27-71-42)59(18)46(68)78-50(9,10)11/h19,29,31-40,42,54,61-63,70H,1,20-27H2,2-18H3,(H,55,65)(H,56,64)(H,57,66)(H,58,67)/t29?,31-,32+,33-,34+,35-,36+,37-,38?,39+,40-,42-,53+/m1/s1. The lowest BCUT2D eigenvalue weighted by Gasteiger charge is -2.52. The predicted molar refractivity (Wildman–Crippen MR) is 284 cm³/mol. The zero-order valence-corrected chi connectivity index (χ0v) is 49.2. The van der Waals surface area contributed by atoms with E-state index in [1.54, 1.807) is 103 Å². The summed E-state index contributed by atoms with van der Waals surface area (Å²) in [5.41, 5.74) is -6.50. The van der Waals surface area contributed by atoms with Gasteiger partial charge in [0.15, 0.2) is 6.29 Å². The Kier molecular flexibility index (Phi) is 21.9. The molecule has 26 nitrogen and oxygen atoms in total. The number of ether oxygens (including phenoxy) is 9. The number of rotatable bonds is 16. The third kappa shape index (κ3) is 19.8. The van der Waals surface area contributed by atoms with Crippen molar-refractivity contribution in [2.24, 2.45) is 5.92 Å². The van der Waals surface area contributed by atoms with Gasteiger partial charge >= 0.3 is 30.5 Å². The Balaban J connectivity index is 1.79. The minimum atomic E-state index is -1.90. The van der Waals surface area contributed by atoms with Crippen molar-refractivity contribution in [1.82, 2.24) is 36.4 Å². The molecular formula is C53H91N7O19. The minimum absolute atomic E-state index is 0.0410. The Bertz CT molecular complexity index is 2180. The van der Waals surface area contributed by atoms with Gasteiger partial charge in [-0.2, -0.15) is 0 Å². The van der Waals surface area contributed by atoms with Crippen molar-refractivity contribution in [1.29, 1.82) is 0 Å². The Morgan fingerprint density at radius 3 is 1.99 bits per heavy atom. The molecular weight excluding hydrogens is 1040 g/mol. The van der Waals surface area contributed by atoms with E-state index in [1.165, 1.54) is 25.8 Å². The monoisotopic (exact) mass is 1130 g/mol. The molecule has 3 aliphatic heterocycles. The fourth-order valence-electron chi connectivity index (χ4n) is 9.68. The Hall–Kier alpha value is -5.22. The number of carbonyl (C=O) groups excluding carboxylic acids is 6. The van der Waals surface area contributed by atoms with Crippen LogP contribution < -0.4 is 26.6 Å². The molecule has 0 aromatic rings. The topological polar surface area (TPSA) is 333 Å². The van der Waals surface area contributed by atoms with Gasteiger partial charge in [0.25, 0.3) is 0 Å². The van der Waals surface area contributed by atoms with Gasteiger partial charge < -0.3 is 94.5 Å². The summed E-state index contributed by atoms with van der Waals surface area (Å²) in [6, 6.07) is -5.52. The van der Waals surface area contributed by atoms with Crippen molar-refractivity contribution in [2.45, 2.75) is 231 Å². The maximum absolute atomic E-state index is 14.0. The number of carbonyl (C=O) groups is 6. The highest BCUT2D eigenvalue weighted by Gasteiger charge is 2.57. The van der Waals surface area contributed by atoms with Crippen LogP contribution in [0.3, 0.4) is 0 Å². The number of hydrogen-bond donors (Lipinski definition) is 9. The Morgan fingerprint density at radius 1 is 0.823 bits per heavy atom. The molecule has 13 atom stereocenters. The highest BCUT2D eigenvalue weighted by molar-refractivity contribution is 5.81. The van der Waals surface area contributed by atoms with Crippen LogP contribution in [0.4, 0.5) is 24.0 Å². The van der Waals surface area contributed by atoms with Crippen molar-refractivity contribution in [3.05, 3.63) is 24.2 Å². The maximum Gasteiger partial charge on any atom is 0.412 e. The minimum Gasteiger partial charge on any atom is -0.491 e. The summed E-state index contributed by atoms with van der Waals surface area (Å²) < 4.78 is 52.7. The third-order valence-corrected chi connectivity index (χ3v) is 12.8. The van der Waals surface area contributed by atoms with Gasteiger partial charge in [-0.25, -0.2) is 24.0 Å². The zero-order valence-electron chi connectivity index (χ0n) is 49.2. The molecule has 4 aliphatic rings. The first-order valence-electron chi connectivity index (χ1n) is 26.7. The number of alkyl carbamates (subject to hydrolysis) is 3. The first-order chi connectivity index (χ1) is 36.1. The van der Waals surface area contributed by atoms with Crippen LogP contribution in [0.25, 0.3) is 0 Å². The van der Waals surface area contributed by atoms with E-state index in [0.29, 0.717) is 5.76 Å². The summed E-state index contributed by atoms with van der Waals surface area (Å²) in [4.78, 5) is 83.1. The van der Waals surface area contributed by atoms with Gasteiger partial charge in [0, 0.05) is 32.1 Å². The van der Waals surface area contributed by atoms with E-state index >= 15 is 0 Å². The molecule has 2 unspecified atom stereocenters. The molecule has 6 amide bonds. The van der Waals surface area contributed by atoms with E-state index in [0.717, 1.165) is 4.90 Å². The van der Waals surface area contributed by atoms with Crippen LogP contribution in [0.5, 0.6) is 0 Å². The largest absolute Gasteiger partial charge is 0.491 e. The SMILES string of the molecule is C=C(C)OC(=O)N[C@@H]1CC=C(CNCC2COC(C)(C)N2C(=O)OC(C)(C)C)OC1[C@H]1[C@H](O)[C@@H](O[C@H]2OC[C@](C)(O)[C@H](N(C)C(=O)OC(C)(C)C)[C@H]2O)[C@H](NC(=O)[C@@H](O)CCNC(=O)OC(C)(C)C)C[C@@H]1NC(=O)OC(C)(C)C. The molecule has 1 aliphatic carbocycles. The Morgan fingerprint density at radius 2 is 1.41 bits per heavy atom. The van der Waals surface area contributed by atoms with Crippen molar-refractivity contribution in [2.75, 3.05) is 39.9 Å². The van der Waals surface area contributed by atoms with Gasteiger partial charge in [-0.05, 0) is 136 Å². The average Bonchev–Trinajstić information content (AvgIpc) is 3.59. The van der Waals surface area contributed by atoms with Gasteiger partial charge in [-0.3, -0.25) is 9.69 Å².